The number of nitrogens with one attached hydrogen (secondary N) is 2. The Bertz CT molecular complexity index is 3160. The van der Waals surface area contributed by atoms with E-state index in [2.05, 4.69) is 20.8 Å². The number of nitroso groups, excluding NO2 is 1. The third-order valence-corrected chi connectivity index (χ3v) is 12.9. The number of nitrogens with zero attached hydrogens (tertiary/aromatic N) is 2. The summed E-state index contributed by atoms with van der Waals surface area (Å²) in [6, 6.07) is 6.18. The van der Waals surface area contributed by atoms with Gasteiger partial charge >= 0.3 is 11.6 Å². The zero-order valence-corrected chi connectivity index (χ0v) is 39.1. The van der Waals surface area contributed by atoms with Gasteiger partial charge in [-0.15, -0.1) is 0 Å². The van der Waals surface area contributed by atoms with Crippen LogP contribution in [0.4, 0.5) is 5.69 Å². The molecule has 71 heavy (non-hydrogen) atoms. The number of methoxy groups -OCH3 is 2. The van der Waals surface area contributed by atoms with Gasteiger partial charge in [-0.3, -0.25) is 24.0 Å². The molecule has 4 aromatic rings. The van der Waals surface area contributed by atoms with E-state index in [9.17, 15) is 58.9 Å². The number of benzene rings is 2. The molecule has 8 rings (SSSR count). The first-order chi connectivity index (χ1) is 33.5. The van der Waals surface area contributed by atoms with Crippen molar-refractivity contribution in [2.45, 2.75) is 89.8 Å². The van der Waals surface area contributed by atoms with Gasteiger partial charge in [-0.1, -0.05) is 18.2 Å². The molecule has 3 bridgehead atoms. The minimum Gasteiger partial charge on any atom is -0.507 e. The first kappa shape index (κ1) is 49.4. The van der Waals surface area contributed by atoms with E-state index >= 15 is 0 Å². The first-order valence-electron chi connectivity index (χ1n) is 21.9. The number of Topliss-reactive ketones (excluding diaryl/α,β-unsaturated/α-hetero) is 4. The van der Waals surface area contributed by atoms with Crippen LogP contribution >= 0.6 is 0 Å². The third-order valence-electron chi connectivity index (χ3n) is 12.9. The lowest BCUT2D eigenvalue weighted by Crippen LogP contribution is -2.59. The number of aliphatic hydroxyl groups excluding tert-OH is 1. The van der Waals surface area contributed by atoms with E-state index in [0.717, 1.165) is 6.07 Å². The van der Waals surface area contributed by atoms with Gasteiger partial charge in [0, 0.05) is 37.1 Å². The molecule has 1 fully saturated rings. The number of anilines is 1. The van der Waals surface area contributed by atoms with Gasteiger partial charge in [0.1, 0.15) is 46.2 Å². The Hall–Kier alpha value is -8.02. The highest BCUT2D eigenvalue weighted by molar-refractivity contribution is 6.31. The normalized spacial score (nSPS) is 27.0. The number of pyridine rings is 1. The summed E-state index contributed by atoms with van der Waals surface area (Å²) in [6.07, 6.45) is -6.64. The number of ether oxygens (including phenoxy) is 6. The summed E-state index contributed by atoms with van der Waals surface area (Å²) in [4.78, 5) is 115. The quantitative estimate of drug-likeness (QED) is 0.0788. The standard InChI is InChI=1S/C48H46N4O19/c1-17-11-19(3)40(39(59)42(60)48(6)16-49-30-36(56)23-12-18(2)34(54)29(33(17)53)28(23)38(58)41(30)71-48)70-46(63)32-37(57)26(68-27-15-47(5,52-64)43(66-8)20(4)67-27)14-24(50-32)44(61)51-31-35(55)22-10-9-21(65-7)13-25(22)69-45(31)62/h9-14,19-20,27,39-40,43,49,54-55,57,59H,15-16H2,1-8H3,(H,51,61)/b17-11-/t19?,20-,27+,39?,40?,43+,47+,48?/m1/s1. The van der Waals surface area contributed by atoms with Gasteiger partial charge in [0.05, 0.1) is 36.3 Å². The van der Waals surface area contributed by atoms with Crippen molar-refractivity contribution in [3.8, 4) is 28.7 Å². The molecule has 0 saturated carbocycles. The molecular weight excluding hydrogens is 937 g/mol. The zero-order valence-electron chi connectivity index (χ0n) is 39.1. The van der Waals surface area contributed by atoms with Gasteiger partial charge in [0.15, 0.2) is 51.9 Å². The zero-order chi connectivity index (χ0) is 51.8. The van der Waals surface area contributed by atoms with Crippen LogP contribution in [0, 0.1) is 17.7 Å². The summed E-state index contributed by atoms with van der Waals surface area (Å²) >= 11 is 0. The summed E-state index contributed by atoms with van der Waals surface area (Å²) in [5.74, 6) is -11.8. The molecule has 3 aliphatic heterocycles. The second-order valence-corrected chi connectivity index (χ2v) is 17.9. The number of fused-ring (bicyclic) bond motifs is 2. The molecule has 372 valence electrons. The second-order valence-electron chi connectivity index (χ2n) is 17.9. The van der Waals surface area contributed by atoms with E-state index in [4.69, 9.17) is 32.8 Å². The van der Waals surface area contributed by atoms with Crippen LogP contribution in [0.3, 0.4) is 0 Å². The second kappa shape index (κ2) is 18.1. The number of allylic oxidation sites excluding steroid dienone is 3. The lowest BCUT2D eigenvalue weighted by molar-refractivity contribution is -0.210. The fourth-order valence-electron chi connectivity index (χ4n) is 9.19. The molecule has 4 unspecified atom stereocenters. The average Bonchev–Trinajstić information content (AvgIpc) is 3.33. The van der Waals surface area contributed by atoms with Crippen LogP contribution in [0.15, 0.2) is 67.8 Å². The number of aryl methyl sites for hydroxylation is 1. The number of carbonyl (C=O) groups excluding carboxylic acids is 6. The lowest BCUT2D eigenvalue weighted by Gasteiger charge is -2.42. The average molecular weight is 983 g/mol. The highest BCUT2D eigenvalue weighted by atomic mass is 16.7. The number of amides is 1. The predicted octanol–water partition coefficient (Wildman–Crippen LogP) is 3.83. The summed E-state index contributed by atoms with van der Waals surface area (Å²) in [7, 11) is 2.70. The fraction of sp³-hybridized carbons (Fsp3) is 0.375. The molecule has 5 heterocycles. The topological polar surface area (TPSA) is 335 Å². The molecule has 23 heteroatoms. The smallest absolute Gasteiger partial charge is 0.364 e. The molecule has 2 aromatic heterocycles. The lowest BCUT2D eigenvalue weighted by atomic mass is 9.82. The van der Waals surface area contributed by atoms with Crippen LogP contribution in [-0.4, -0.2) is 123 Å². The Kier molecular flexibility index (Phi) is 12.6. The van der Waals surface area contributed by atoms with Crippen LogP contribution in [0.1, 0.15) is 98.7 Å². The molecule has 1 aliphatic carbocycles. The van der Waals surface area contributed by atoms with Crippen molar-refractivity contribution in [1.29, 1.82) is 0 Å². The van der Waals surface area contributed by atoms with E-state index in [-0.39, 0.29) is 45.5 Å². The van der Waals surface area contributed by atoms with Gasteiger partial charge in [-0.25, -0.2) is 14.6 Å². The Labute approximate surface area is 401 Å². The first-order valence-corrected chi connectivity index (χ1v) is 21.9. The van der Waals surface area contributed by atoms with Crippen molar-refractivity contribution in [2.24, 2.45) is 11.1 Å². The SMILES string of the molecule is COc1ccc2c(O)c(NC(=O)c3cc(O[C@H]4C[C@](C)(N=O)[C@@H](OC)[C@@H](C)O4)c(O)c(C(=O)OC4C(C)/C=C(/C)C(=O)c5c(O)c(C)cc6c5C(=O)C5=C(NCC(C)(O5)C(=O)C4O)C6=O)n3)c(=O)oc2c1. The number of rotatable bonds is 9. The number of phenolic OH excluding ortho intramolecular Hbond substituents is 1. The van der Waals surface area contributed by atoms with Crippen LogP contribution < -0.4 is 25.7 Å². The minimum absolute atomic E-state index is 0.0251. The highest BCUT2D eigenvalue weighted by Crippen LogP contribution is 2.42. The van der Waals surface area contributed by atoms with Crippen molar-refractivity contribution in [3.05, 3.63) is 102 Å². The summed E-state index contributed by atoms with van der Waals surface area (Å²) in [5.41, 5.74) is -9.35. The maximum atomic E-state index is 14.5. The summed E-state index contributed by atoms with van der Waals surface area (Å²) < 4.78 is 39.5. The van der Waals surface area contributed by atoms with Crippen LogP contribution in [0.2, 0.25) is 0 Å². The third kappa shape index (κ3) is 8.29. The van der Waals surface area contributed by atoms with Crippen LogP contribution in [0.5, 0.6) is 28.7 Å². The number of aromatic nitrogens is 1. The molecular formula is C48H46N4O19. The van der Waals surface area contributed by atoms with E-state index in [1.54, 1.807) is 6.92 Å². The van der Waals surface area contributed by atoms with E-state index in [0.29, 0.717) is 0 Å². The number of aromatic hydroxyl groups is 3. The fourth-order valence-corrected chi connectivity index (χ4v) is 9.19. The molecule has 0 radical (unpaired) electrons. The van der Waals surface area contributed by atoms with Gasteiger partial charge in [0.2, 0.25) is 23.6 Å². The van der Waals surface area contributed by atoms with Crippen molar-refractivity contribution in [2.75, 3.05) is 26.1 Å². The van der Waals surface area contributed by atoms with E-state index in [1.807, 2.05) is 0 Å². The molecule has 0 spiro atoms. The Morgan fingerprint density at radius 1 is 0.944 bits per heavy atom. The predicted molar refractivity (Wildman–Crippen MR) is 243 cm³/mol. The Morgan fingerprint density at radius 2 is 1.66 bits per heavy atom. The molecule has 1 saturated heterocycles. The highest BCUT2D eigenvalue weighted by Gasteiger charge is 2.52. The summed E-state index contributed by atoms with van der Waals surface area (Å²) in [5, 5.41) is 54.1. The molecule has 2 aromatic carbocycles. The van der Waals surface area contributed by atoms with Gasteiger partial charge in [0.25, 0.3) is 5.91 Å². The van der Waals surface area contributed by atoms with E-state index in [1.165, 1.54) is 79.2 Å². The van der Waals surface area contributed by atoms with Crippen molar-refractivity contribution >= 4 is 51.7 Å². The minimum atomic E-state index is -2.37. The maximum absolute atomic E-state index is 14.5. The number of esters is 1. The van der Waals surface area contributed by atoms with Gasteiger partial charge < -0.3 is 63.9 Å². The number of carbonyl (C=O) groups is 6. The number of ketones is 4. The largest absolute Gasteiger partial charge is 0.507 e. The van der Waals surface area contributed by atoms with Crippen molar-refractivity contribution in [1.82, 2.24) is 10.3 Å². The summed E-state index contributed by atoms with van der Waals surface area (Å²) in [6.45, 7) is 7.72. The van der Waals surface area contributed by atoms with Crippen LogP contribution in [-0.2, 0) is 23.7 Å². The molecule has 23 nitrogen and oxygen atoms in total. The molecule has 1 amide bonds. The number of hydrogen-bond acceptors (Lipinski definition) is 22. The molecule has 6 N–H and O–H groups in total. The monoisotopic (exact) mass is 982 g/mol. The maximum Gasteiger partial charge on any atom is 0.364 e. The van der Waals surface area contributed by atoms with Crippen LogP contribution in [0.25, 0.3) is 11.0 Å². The number of aliphatic hydroxyl groups is 1. The van der Waals surface area contributed by atoms with Crippen molar-refractivity contribution in [3.63, 3.8) is 0 Å². The molecule has 4 aliphatic rings. The van der Waals surface area contributed by atoms with E-state index < -0.39 is 152 Å². The number of phenols is 1. The number of hydrogen-bond donors (Lipinski definition) is 6. The van der Waals surface area contributed by atoms with Crippen molar-refractivity contribution < 1.29 is 82.0 Å². The Balaban J connectivity index is 1.21. The Morgan fingerprint density at radius 3 is 2.34 bits per heavy atom. The molecule has 8 atom stereocenters. The van der Waals surface area contributed by atoms with Gasteiger partial charge in [-0.2, -0.15) is 4.91 Å². The van der Waals surface area contributed by atoms with Gasteiger partial charge in [-0.05, 0) is 64.0 Å².